The van der Waals surface area contributed by atoms with Crippen LogP contribution in [0.4, 0.5) is 4.79 Å². The van der Waals surface area contributed by atoms with Crippen molar-refractivity contribution >= 4 is 28.2 Å². The largest absolute Gasteiger partial charge is 0.465 e. The molecule has 0 spiro atoms. The zero-order valence-corrected chi connectivity index (χ0v) is 14.4. The molecule has 1 N–H and O–H groups in total. The number of ether oxygens (including phenoxy) is 1. The van der Waals surface area contributed by atoms with Gasteiger partial charge in [0, 0.05) is 12.1 Å². The number of nitrogens with zero attached hydrogens (tertiary/aromatic N) is 2. The number of amides is 2. The summed E-state index contributed by atoms with van der Waals surface area (Å²) < 4.78 is 31.5. The summed E-state index contributed by atoms with van der Waals surface area (Å²) in [6.45, 7) is 3.74. The predicted octanol–water partition coefficient (Wildman–Crippen LogP) is 1.59. The van der Waals surface area contributed by atoms with Crippen LogP contribution in [-0.4, -0.2) is 44.8 Å². The third-order valence-corrected chi connectivity index (χ3v) is 5.25. The van der Waals surface area contributed by atoms with E-state index >= 15 is 0 Å². The monoisotopic (exact) mass is 353 g/mol. The van der Waals surface area contributed by atoms with Gasteiger partial charge in [-0.3, -0.25) is 0 Å². The first-order valence-corrected chi connectivity index (χ1v) is 8.87. The lowest BCUT2D eigenvalue weighted by molar-refractivity contribution is 0.0596. The Kier molecular flexibility index (Phi) is 5.23. The van der Waals surface area contributed by atoms with E-state index in [1.165, 1.54) is 24.3 Å². The normalized spacial score (nSPS) is 20.0. The number of carbonyl (C=O) groups excluding carboxylic acids is 2. The molecule has 2 atom stereocenters. The zero-order chi connectivity index (χ0) is 17.9. The van der Waals surface area contributed by atoms with Gasteiger partial charge in [-0.2, -0.15) is 5.10 Å². The minimum absolute atomic E-state index is 0.0702. The molecule has 8 nitrogen and oxygen atoms in total. The molecule has 1 aliphatic rings. The van der Waals surface area contributed by atoms with E-state index in [-0.39, 0.29) is 22.4 Å². The highest BCUT2D eigenvalue weighted by molar-refractivity contribution is 7.90. The molecule has 2 unspecified atom stereocenters. The van der Waals surface area contributed by atoms with Gasteiger partial charge >= 0.3 is 12.0 Å². The van der Waals surface area contributed by atoms with E-state index in [1.807, 2.05) is 11.6 Å². The fourth-order valence-electron chi connectivity index (χ4n) is 2.45. The molecule has 0 saturated heterocycles. The number of sulfonamides is 1. The van der Waals surface area contributed by atoms with Gasteiger partial charge in [0.15, 0.2) is 0 Å². The third-order valence-electron chi connectivity index (χ3n) is 3.87. The van der Waals surface area contributed by atoms with Gasteiger partial charge < -0.3 is 4.74 Å². The Labute approximate surface area is 140 Å². The van der Waals surface area contributed by atoms with Gasteiger partial charge in [0.1, 0.15) is 4.90 Å². The molecule has 0 bridgehead atoms. The summed E-state index contributed by atoms with van der Waals surface area (Å²) in [5.41, 5.74) is -0.148. The van der Waals surface area contributed by atoms with Crippen LogP contribution in [0.25, 0.3) is 0 Å². The van der Waals surface area contributed by atoms with Crippen molar-refractivity contribution in [3.63, 3.8) is 0 Å². The highest BCUT2D eigenvalue weighted by Crippen LogP contribution is 2.21. The SMILES string of the molecule is CCC1C=NN(C(=O)NS(=O)(=O)c2ccccc2C(=O)OC)C1C. The fourth-order valence-corrected chi connectivity index (χ4v) is 3.58. The lowest BCUT2D eigenvalue weighted by Gasteiger charge is -2.22. The number of hydrogen-bond acceptors (Lipinski definition) is 6. The van der Waals surface area contributed by atoms with Gasteiger partial charge in [-0.25, -0.2) is 27.7 Å². The van der Waals surface area contributed by atoms with Crippen molar-refractivity contribution in [3.8, 4) is 0 Å². The maximum Gasteiger partial charge on any atom is 0.351 e. The summed E-state index contributed by atoms with van der Waals surface area (Å²) in [6, 6.07) is 4.39. The van der Waals surface area contributed by atoms with Gasteiger partial charge in [-0.15, -0.1) is 0 Å². The lowest BCUT2D eigenvalue weighted by atomic mass is 10.0. The van der Waals surface area contributed by atoms with Crippen molar-refractivity contribution in [2.24, 2.45) is 11.0 Å². The van der Waals surface area contributed by atoms with Crippen molar-refractivity contribution in [1.29, 1.82) is 0 Å². The van der Waals surface area contributed by atoms with Crippen molar-refractivity contribution in [1.82, 2.24) is 9.73 Å². The van der Waals surface area contributed by atoms with Crippen LogP contribution >= 0.6 is 0 Å². The number of benzene rings is 1. The first-order valence-electron chi connectivity index (χ1n) is 7.39. The minimum atomic E-state index is -4.25. The van der Waals surface area contributed by atoms with Crippen molar-refractivity contribution < 1.29 is 22.7 Å². The molecular formula is C15H19N3O5S. The molecule has 130 valence electrons. The summed E-state index contributed by atoms with van der Waals surface area (Å²) in [5.74, 6) is -0.733. The molecular weight excluding hydrogens is 334 g/mol. The Bertz CT molecular complexity index is 775. The smallest absolute Gasteiger partial charge is 0.351 e. The molecule has 0 fully saturated rings. The third kappa shape index (κ3) is 3.40. The Hall–Kier alpha value is -2.42. The molecule has 0 radical (unpaired) electrons. The van der Waals surface area contributed by atoms with Crippen LogP contribution in [0.3, 0.4) is 0 Å². The number of methoxy groups -OCH3 is 1. The number of hydrogen-bond donors (Lipinski definition) is 1. The van der Waals surface area contributed by atoms with Crippen LogP contribution < -0.4 is 4.72 Å². The van der Waals surface area contributed by atoms with E-state index in [0.717, 1.165) is 18.5 Å². The second-order valence-corrected chi connectivity index (χ2v) is 6.97. The molecule has 1 aromatic carbocycles. The summed E-state index contributed by atoms with van der Waals surface area (Å²) in [4.78, 5) is 23.7. The van der Waals surface area contributed by atoms with Gasteiger partial charge in [0.25, 0.3) is 10.0 Å². The van der Waals surface area contributed by atoms with Crippen LogP contribution in [0.5, 0.6) is 0 Å². The topological polar surface area (TPSA) is 105 Å². The number of hydrazone groups is 1. The quantitative estimate of drug-likeness (QED) is 0.828. The van der Waals surface area contributed by atoms with E-state index in [2.05, 4.69) is 9.84 Å². The molecule has 0 aliphatic carbocycles. The number of rotatable bonds is 4. The van der Waals surface area contributed by atoms with E-state index in [1.54, 1.807) is 13.1 Å². The summed E-state index contributed by atoms with van der Waals surface area (Å²) in [5, 5.41) is 5.05. The maximum atomic E-state index is 12.5. The van der Waals surface area contributed by atoms with Crippen LogP contribution in [0.1, 0.15) is 30.6 Å². The molecule has 1 heterocycles. The summed E-state index contributed by atoms with van der Waals surface area (Å²) in [7, 11) is -3.10. The molecule has 1 aliphatic heterocycles. The van der Waals surface area contributed by atoms with Crippen LogP contribution in [0.2, 0.25) is 0 Å². The second kappa shape index (κ2) is 7.00. The molecule has 2 rings (SSSR count). The van der Waals surface area contributed by atoms with E-state index in [4.69, 9.17) is 0 Å². The van der Waals surface area contributed by atoms with Crippen LogP contribution in [0.15, 0.2) is 34.3 Å². The van der Waals surface area contributed by atoms with Crippen molar-refractivity contribution in [3.05, 3.63) is 29.8 Å². The average molecular weight is 353 g/mol. The predicted molar refractivity (Wildman–Crippen MR) is 87.1 cm³/mol. The summed E-state index contributed by atoms with van der Waals surface area (Å²) in [6.07, 6.45) is 2.41. The van der Waals surface area contributed by atoms with Crippen molar-refractivity contribution in [2.45, 2.75) is 31.2 Å². The molecule has 0 saturated carbocycles. The first-order chi connectivity index (χ1) is 11.3. The molecule has 9 heteroatoms. The van der Waals surface area contributed by atoms with Crippen LogP contribution in [-0.2, 0) is 14.8 Å². The number of nitrogens with one attached hydrogen (secondary N) is 1. The Morgan fingerprint density at radius 1 is 1.33 bits per heavy atom. The van der Waals surface area contributed by atoms with Gasteiger partial charge in [-0.05, 0) is 25.5 Å². The molecule has 24 heavy (non-hydrogen) atoms. The number of urea groups is 1. The minimum Gasteiger partial charge on any atom is -0.465 e. The second-order valence-electron chi connectivity index (χ2n) is 5.32. The maximum absolute atomic E-state index is 12.5. The fraction of sp³-hybridized carbons (Fsp3) is 0.400. The van der Waals surface area contributed by atoms with E-state index in [0.29, 0.717) is 0 Å². The summed E-state index contributed by atoms with van der Waals surface area (Å²) >= 11 is 0. The first kappa shape index (κ1) is 17.9. The van der Waals surface area contributed by atoms with Gasteiger partial charge in [0.2, 0.25) is 0 Å². The molecule has 2 amide bonds. The Balaban J connectivity index is 2.25. The Morgan fingerprint density at radius 2 is 2.00 bits per heavy atom. The zero-order valence-electron chi connectivity index (χ0n) is 13.6. The standard InChI is InChI=1S/C15H19N3O5S/c1-4-11-9-16-18(10(11)2)15(20)17-24(21,22)13-8-6-5-7-12(13)14(19)23-3/h5-11H,4H2,1-3H3,(H,17,20). The number of esters is 1. The van der Waals surface area contributed by atoms with Crippen molar-refractivity contribution in [2.75, 3.05) is 7.11 Å². The van der Waals surface area contributed by atoms with Gasteiger partial charge in [-0.1, -0.05) is 19.1 Å². The number of carbonyl (C=O) groups is 2. The molecule has 1 aromatic rings. The van der Waals surface area contributed by atoms with Crippen LogP contribution in [0, 0.1) is 5.92 Å². The lowest BCUT2D eigenvalue weighted by Crippen LogP contribution is -2.44. The Morgan fingerprint density at radius 3 is 2.58 bits per heavy atom. The van der Waals surface area contributed by atoms with Gasteiger partial charge in [0.05, 0.1) is 18.7 Å². The molecule has 0 aromatic heterocycles. The van der Waals surface area contributed by atoms with E-state index in [9.17, 15) is 18.0 Å². The van der Waals surface area contributed by atoms with E-state index < -0.39 is 22.0 Å². The highest BCUT2D eigenvalue weighted by Gasteiger charge is 2.33. The highest BCUT2D eigenvalue weighted by atomic mass is 32.2. The average Bonchev–Trinajstić information content (AvgIpc) is 2.94.